The van der Waals surface area contributed by atoms with Crippen LogP contribution in [-0.2, 0) is 6.54 Å². The minimum absolute atomic E-state index is 0.0369. The number of benzene rings is 3. The SMILES string of the molecule is CC(C)(C)C(c1nc(-c2cc(F)ccc2F)nn1Cc1ccccc1)N(CCCN1C(=O)c2ccccc2C1=O)C(=O)Cl. The van der Waals surface area contributed by atoms with Crippen molar-refractivity contribution < 1.29 is 23.2 Å². The summed E-state index contributed by atoms with van der Waals surface area (Å²) in [5.74, 6) is -1.82. The Labute approximate surface area is 252 Å². The normalized spacial score (nSPS) is 13.8. The van der Waals surface area contributed by atoms with Gasteiger partial charge in [0, 0.05) is 13.1 Å². The molecule has 43 heavy (non-hydrogen) atoms. The Bertz CT molecular complexity index is 1650. The van der Waals surface area contributed by atoms with E-state index in [2.05, 4.69) is 10.1 Å². The summed E-state index contributed by atoms with van der Waals surface area (Å²) >= 11 is 6.18. The van der Waals surface area contributed by atoms with Crippen LogP contribution >= 0.6 is 11.6 Å². The maximum atomic E-state index is 14.8. The molecule has 3 aromatic carbocycles. The zero-order valence-electron chi connectivity index (χ0n) is 23.9. The molecular weight excluding hydrogens is 576 g/mol. The van der Waals surface area contributed by atoms with Crippen molar-refractivity contribution in [3.63, 3.8) is 0 Å². The molecule has 0 bridgehead atoms. The number of imide groups is 1. The van der Waals surface area contributed by atoms with E-state index in [0.29, 0.717) is 17.0 Å². The Morgan fingerprint density at radius 2 is 1.56 bits per heavy atom. The van der Waals surface area contributed by atoms with E-state index in [9.17, 15) is 23.2 Å². The van der Waals surface area contributed by atoms with Crippen molar-refractivity contribution in [3.05, 3.63) is 107 Å². The number of hydrogen-bond donors (Lipinski definition) is 0. The molecule has 1 aliphatic heterocycles. The van der Waals surface area contributed by atoms with Crippen molar-refractivity contribution in [1.82, 2.24) is 24.6 Å². The van der Waals surface area contributed by atoms with Crippen molar-refractivity contribution in [3.8, 4) is 11.4 Å². The predicted molar refractivity (Wildman–Crippen MR) is 157 cm³/mol. The maximum Gasteiger partial charge on any atom is 0.317 e. The van der Waals surface area contributed by atoms with E-state index in [1.807, 2.05) is 51.1 Å². The first kappa shape index (κ1) is 30.0. The molecule has 0 radical (unpaired) electrons. The molecule has 0 aliphatic carbocycles. The molecule has 0 saturated heterocycles. The van der Waals surface area contributed by atoms with Crippen LogP contribution in [0.5, 0.6) is 0 Å². The predicted octanol–water partition coefficient (Wildman–Crippen LogP) is 6.71. The standard InChI is InChI=1S/C32H30ClF2N5O3/c1-32(2,3)26(38(31(33)43)16-9-17-39-29(41)22-12-7-8-13-23(22)30(39)42)28-36-27(24-18-21(34)14-15-25(24)35)37-40(28)19-20-10-5-4-6-11-20/h4-8,10-15,18,26H,9,16-17,19H2,1-3H3. The van der Waals surface area contributed by atoms with Crippen molar-refractivity contribution in [2.75, 3.05) is 13.1 Å². The summed E-state index contributed by atoms with van der Waals surface area (Å²) in [5.41, 5.74) is 0.796. The van der Waals surface area contributed by atoms with Crippen LogP contribution in [0.15, 0.2) is 72.8 Å². The second kappa shape index (κ2) is 12.0. The lowest BCUT2D eigenvalue weighted by atomic mass is 9.85. The van der Waals surface area contributed by atoms with Crippen LogP contribution in [-0.4, -0.2) is 54.8 Å². The molecule has 0 fully saturated rings. The van der Waals surface area contributed by atoms with E-state index in [-0.39, 0.29) is 49.3 Å². The van der Waals surface area contributed by atoms with Gasteiger partial charge in [0.2, 0.25) is 0 Å². The highest BCUT2D eigenvalue weighted by Gasteiger charge is 2.39. The van der Waals surface area contributed by atoms with E-state index < -0.39 is 28.5 Å². The number of amides is 3. The molecule has 1 unspecified atom stereocenters. The first-order chi connectivity index (χ1) is 20.5. The fourth-order valence-corrected chi connectivity index (χ4v) is 5.55. The number of carbonyl (C=O) groups is 3. The first-order valence-corrected chi connectivity index (χ1v) is 14.2. The molecule has 1 aliphatic rings. The Hall–Kier alpha value is -4.44. The lowest BCUT2D eigenvalue weighted by Crippen LogP contribution is -2.42. The summed E-state index contributed by atoms with van der Waals surface area (Å²) in [6.45, 7) is 6.10. The summed E-state index contributed by atoms with van der Waals surface area (Å²) in [5, 5.41) is 3.79. The van der Waals surface area contributed by atoms with Crippen LogP contribution in [0.3, 0.4) is 0 Å². The van der Waals surface area contributed by atoms with Crippen LogP contribution in [0, 0.1) is 17.0 Å². The second-order valence-corrected chi connectivity index (χ2v) is 11.8. The number of fused-ring (bicyclic) bond motifs is 1. The van der Waals surface area contributed by atoms with Crippen molar-refractivity contribution in [2.45, 2.75) is 39.8 Å². The Morgan fingerprint density at radius 3 is 2.16 bits per heavy atom. The van der Waals surface area contributed by atoms with Crippen LogP contribution in [0.4, 0.5) is 13.6 Å². The summed E-state index contributed by atoms with van der Waals surface area (Å²) in [4.78, 5) is 45.9. The Morgan fingerprint density at radius 1 is 0.930 bits per heavy atom. The summed E-state index contributed by atoms with van der Waals surface area (Å²) in [6, 6.07) is 18.3. The van der Waals surface area contributed by atoms with E-state index in [1.54, 1.807) is 28.9 Å². The lowest BCUT2D eigenvalue weighted by molar-refractivity contribution is 0.0640. The van der Waals surface area contributed by atoms with Crippen molar-refractivity contribution in [1.29, 1.82) is 0 Å². The molecule has 2 heterocycles. The van der Waals surface area contributed by atoms with Crippen LogP contribution in [0.2, 0.25) is 0 Å². The van der Waals surface area contributed by atoms with E-state index >= 15 is 0 Å². The third-order valence-electron chi connectivity index (χ3n) is 7.31. The van der Waals surface area contributed by atoms with E-state index in [4.69, 9.17) is 11.6 Å². The maximum absolute atomic E-state index is 14.8. The molecule has 3 amide bonds. The molecule has 1 aromatic heterocycles. The summed E-state index contributed by atoms with van der Waals surface area (Å²) < 4.78 is 30.5. The van der Waals surface area contributed by atoms with Gasteiger partial charge in [-0.25, -0.2) is 18.4 Å². The number of rotatable bonds is 9. The number of hydrogen-bond acceptors (Lipinski definition) is 5. The average molecular weight is 606 g/mol. The highest BCUT2D eigenvalue weighted by molar-refractivity contribution is 6.62. The smallest absolute Gasteiger partial charge is 0.317 e. The first-order valence-electron chi connectivity index (χ1n) is 13.8. The third-order valence-corrected chi connectivity index (χ3v) is 7.52. The van der Waals surface area contributed by atoms with Crippen LogP contribution in [0.25, 0.3) is 11.4 Å². The van der Waals surface area contributed by atoms with Gasteiger partial charge in [0.25, 0.3) is 11.8 Å². The van der Waals surface area contributed by atoms with Crippen LogP contribution in [0.1, 0.15) is 65.3 Å². The van der Waals surface area contributed by atoms with Gasteiger partial charge in [-0.3, -0.25) is 19.3 Å². The number of halogens is 3. The highest BCUT2D eigenvalue weighted by atomic mass is 35.5. The molecule has 4 aromatic rings. The number of nitrogens with zero attached hydrogens (tertiary/aromatic N) is 5. The van der Waals surface area contributed by atoms with Gasteiger partial charge in [-0.15, -0.1) is 0 Å². The van der Waals surface area contributed by atoms with Gasteiger partial charge < -0.3 is 4.90 Å². The number of carbonyl (C=O) groups excluding carboxylic acids is 3. The highest BCUT2D eigenvalue weighted by Crippen LogP contribution is 2.39. The van der Waals surface area contributed by atoms with E-state index in [1.165, 1.54) is 4.90 Å². The second-order valence-electron chi connectivity index (χ2n) is 11.4. The molecule has 0 saturated carbocycles. The molecule has 0 N–H and O–H groups in total. The van der Waals surface area contributed by atoms with Crippen molar-refractivity contribution in [2.24, 2.45) is 5.41 Å². The minimum Gasteiger partial charge on any atom is -0.318 e. The monoisotopic (exact) mass is 605 g/mol. The third kappa shape index (κ3) is 6.19. The van der Waals surface area contributed by atoms with E-state index in [0.717, 1.165) is 28.7 Å². The summed E-state index contributed by atoms with van der Waals surface area (Å²) in [6.07, 6.45) is 0.245. The largest absolute Gasteiger partial charge is 0.318 e. The zero-order chi connectivity index (χ0) is 30.9. The fourth-order valence-electron chi connectivity index (χ4n) is 5.37. The topological polar surface area (TPSA) is 88.4 Å². The molecule has 0 spiro atoms. The zero-order valence-corrected chi connectivity index (χ0v) is 24.7. The van der Waals surface area contributed by atoms with Crippen molar-refractivity contribution >= 4 is 28.8 Å². The molecule has 222 valence electrons. The molecule has 11 heteroatoms. The quantitative estimate of drug-likeness (QED) is 0.120. The van der Waals surface area contributed by atoms with Gasteiger partial charge in [0.1, 0.15) is 11.6 Å². The fraction of sp³-hybridized carbons (Fsp3) is 0.281. The Kier molecular flexibility index (Phi) is 8.41. The molecule has 1 atom stereocenters. The lowest BCUT2D eigenvalue weighted by Gasteiger charge is -2.38. The molecule has 5 rings (SSSR count). The van der Waals surface area contributed by atoms with Gasteiger partial charge >= 0.3 is 5.37 Å². The van der Waals surface area contributed by atoms with Gasteiger partial charge in [0.15, 0.2) is 11.6 Å². The average Bonchev–Trinajstić information content (AvgIpc) is 3.47. The minimum atomic E-state index is -0.768. The van der Waals surface area contributed by atoms with Gasteiger partial charge in [-0.05, 0) is 59.3 Å². The van der Waals surface area contributed by atoms with Gasteiger partial charge in [-0.2, -0.15) is 5.10 Å². The van der Waals surface area contributed by atoms with Crippen LogP contribution < -0.4 is 0 Å². The van der Waals surface area contributed by atoms with Gasteiger partial charge in [-0.1, -0.05) is 63.2 Å². The van der Waals surface area contributed by atoms with Gasteiger partial charge in [0.05, 0.1) is 29.3 Å². The Balaban J connectivity index is 1.49. The molecular formula is C32H30ClF2N5O3. The summed E-state index contributed by atoms with van der Waals surface area (Å²) in [7, 11) is 0. The number of aromatic nitrogens is 3. The molecule has 8 nitrogen and oxygen atoms in total.